The maximum atomic E-state index is 14.3. The molecule has 0 aliphatic heterocycles. The first-order chi connectivity index (χ1) is 36.0. The van der Waals surface area contributed by atoms with Crippen molar-refractivity contribution in [2.45, 2.75) is 133 Å². The quantitative estimate of drug-likeness (QED) is 0.0171. The molecule has 0 saturated heterocycles. The van der Waals surface area contributed by atoms with Crippen LogP contribution in [-0.4, -0.2) is 190 Å². The summed E-state index contributed by atoms with van der Waals surface area (Å²) in [5.41, 5.74) is 29.2. The Bertz CT molecular complexity index is 2260. The first-order valence-electron chi connectivity index (χ1n) is 24.8. The number of thioether (sulfide) groups is 1. The number of primary amides is 1. The van der Waals surface area contributed by atoms with Gasteiger partial charge in [0.25, 0.3) is 0 Å². The fourth-order valence-corrected chi connectivity index (χ4v) is 7.99. The second-order valence-corrected chi connectivity index (χ2v) is 19.4. The summed E-state index contributed by atoms with van der Waals surface area (Å²) in [6, 6.07) is -6.40. The number of aromatic amines is 1. The van der Waals surface area contributed by atoms with Crippen LogP contribution in [-0.2, 0) is 49.6 Å². The fraction of sp³-hybridized carbons (Fsp3) is 0.617. The Hall–Kier alpha value is -6.63. The first kappa shape index (κ1) is 65.5. The van der Waals surface area contributed by atoms with E-state index in [0.29, 0.717) is 28.6 Å². The molecular formula is C47H79N15O13S. The van der Waals surface area contributed by atoms with E-state index in [9.17, 15) is 63.6 Å². The minimum atomic E-state index is -1.79. The van der Waals surface area contributed by atoms with Crippen molar-refractivity contribution in [1.82, 2.24) is 47.5 Å². The lowest BCUT2D eigenvalue weighted by molar-refractivity contribution is -0.137. The number of para-hydroxylation sites is 1. The number of hydrogen-bond acceptors (Lipinski definition) is 17. The third-order valence-electron chi connectivity index (χ3n) is 11.7. The number of carbonyl (C=O) groups excluding carboxylic acids is 9. The zero-order chi connectivity index (χ0) is 57.1. The zero-order valence-corrected chi connectivity index (χ0v) is 44.2. The van der Waals surface area contributed by atoms with Crippen LogP contribution in [0.4, 0.5) is 0 Å². The first-order valence-corrected chi connectivity index (χ1v) is 26.2. The average Bonchev–Trinajstić information content (AvgIpc) is 3.78. The highest BCUT2D eigenvalue weighted by atomic mass is 32.2. The molecule has 10 atom stereocenters. The summed E-state index contributed by atoms with van der Waals surface area (Å²) >= 11 is 1.44. The van der Waals surface area contributed by atoms with Crippen molar-refractivity contribution in [3.63, 3.8) is 0 Å². The molecule has 0 radical (unpaired) electrons. The molecule has 0 spiro atoms. The summed E-state index contributed by atoms with van der Waals surface area (Å²) in [6.45, 7) is 2.07. The van der Waals surface area contributed by atoms with Gasteiger partial charge in [0, 0.05) is 30.1 Å². The number of guanidine groups is 1. The number of benzene rings is 1. The van der Waals surface area contributed by atoms with Crippen LogP contribution < -0.4 is 71.2 Å². The summed E-state index contributed by atoms with van der Waals surface area (Å²) in [6.07, 6.45) is 2.45. The van der Waals surface area contributed by atoms with Crippen LogP contribution in [0, 0.1) is 5.92 Å². The van der Waals surface area contributed by atoms with E-state index in [0.717, 1.165) is 0 Å². The van der Waals surface area contributed by atoms with Gasteiger partial charge in [-0.2, -0.15) is 11.8 Å². The summed E-state index contributed by atoms with van der Waals surface area (Å²) in [5.74, 6) is -8.51. The van der Waals surface area contributed by atoms with Gasteiger partial charge in [-0.05, 0) is 88.0 Å². The molecule has 426 valence electrons. The van der Waals surface area contributed by atoms with E-state index in [-0.39, 0.29) is 69.9 Å². The van der Waals surface area contributed by atoms with E-state index in [4.69, 9.17) is 28.7 Å². The molecule has 76 heavy (non-hydrogen) atoms. The van der Waals surface area contributed by atoms with Gasteiger partial charge in [0.15, 0.2) is 5.96 Å². The molecular weight excluding hydrogens is 1010 g/mol. The van der Waals surface area contributed by atoms with Crippen molar-refractivity contribution in [2.75, 3.05) is 44.9 Å². The van der Waals surface area contributed by atoms with E-state index >= 15 is 0 Å². The number of H-pyrrole nitrogens is 1. The number of fused-ring (bicyclic) bond motifs is 1. The Labute approximate surface area is 444 Å². The molecule has 1 heterocycles. The maximum Gasteiger partial charge on any atom is 0.245 e. The van der Waals surface area contributed by atoms with Gasteiger partial charge in [0.2, 0.25) is 53.2 Å². The number of aliphatic hydroxyl groups excluding tert-OH is 4. The second-order valence-electron chi connectivity index (χ2n) is 18.4. The number of carbonyl (C=O) groups is 9. The number of nitrogens with one attached hydrogen (secondary N) is 9. The van der Waals surface area contributed by atoms with Crippen molar-refractivity contribution < 1.29 is 63.6 Å². The van der Waals surface area contributed by atoms with Gasteiger partial charge in [0.1, 0.15) is 48.3 Å². The SMILES string of the molecule is CSCC[C@H](N)C(=O)N[C@@H](CO)C(=O)N[C@H](C(=O)N[C@@H](Cc1c[nH]c2ccccc12)C(=O)N[C@@H](CO)C(=O)N[C@@H](CCCCN)C(=O)N[C@@H](CCCN=C(N)N)C(=O)N[C@@H](CO)C(=O)N[C@@H](CC(C)C)C(N)=O)[C@@H](C)O. The van der Waals surface area contributed by atoms with Gasteiger partial charge in [-0.3, -0.25) is 48.1 Å². The largest absolute Gasteiger partial charge is 0.394 e. The molecule has 0 aliphatic rings. The Morgan fingerprint density at radius 2 is 1.09 bits per heavy atom. The number of amides is 9. The number of unbranched alkanes of at least 4 members (excludes halogenated alkanes) is 1. The smallest absolute Gasteiger partial charge is 0.245 e. The number of aromatic nitrogens is 1. The number of nitrogens with zero attached hydrogens (tertiary/aromatic N) is 1. The van der Waals surface area contributed by atoms with E-state index in [1.807, 2.05) is 6.26 Å². The molecule has 2 aromatic rings. The maximum absolute atomic E-state index is 14.3. The van der Waals surface area contributed by atoms with Crippen LogP contribution >= 0.6 is 11.8 Å². The normalized spacial score (nSPS) is 15.2. The number of hydrogen-bond donors (Lipinski definition) is 18. The van der Waals surface area contributed by atoms with Gasteiger partial charge in [-0.1, -0.05) is 32.0 Å². The van der Waals surface area contributed by atoms with Crippen LogP contribution in [0.1, 0.15) is 71.3 Å². The van der Waals surface area contributed by atoms with Gasteiger partial charge in [0.05, 0.1) is 32.0 Å². The summed E-state index contributed by atoms with van der Waals surface area (Å²) in [5, 5.41) is 61.3. The van der Waals surface area contributed by atoms with Crippen LogP contribution in [0.3, 0.4) is 0 Å². The molecule has 0 fully saturated rings. The number of rotatable bonds is 36. The monoisotopic (exact) mass is 1090 g/mol. The van der Waals surface area contributed by atoms with Crippen molar-refractivity contribution in [3.8, 4) is 0 Å². The van der Waals surface area contributed by atoms with Gasteiger partial charge in [-0.15, -0.1) is 0 Å². The molecule has 23 N–H and O–H groups in total. The van der Waals surface area contributed by atoms with Gasteiger partial charge in [-0.25, -0.2) is 0 Å². The number of aliphatic imine (C=N–C) groups is 1. The molecule has 0 aliphatic carbocycles. The molecule has 2 rings (SSSR count). The number of nitrogens with two attached hydrogens (primary N) is 5. The van der Waals surface area contributed by atoms with Crippen LogP contribution in [0.5, 0.6) is 0 Å². The lowest BCUT2D eigenvalue weighted by Gasteiger charge is -2.28. The molecule has 0 unspecified atom stereocenters. The third-order valence-corrected chi connectivity index (χ3v) is 12.4. The van der Waals surface area contributed by atoms with E-state index in [1.165, 1.54) is 18.7 Å². The minimum Gasteiger partial charge on any atom is -0.394 e. The van der Waals surface area contributed by atoms with Crippen molar-refractivity contribution >= 4 is 81.8 Å². The topological polar surface area (TPSA) is 489 Å². The molecule has 29 heteroatoms. The summed E-state index contributed by atoms with van der Waals surface area (Å²) < 4.78 is 0. The molecule has 28 nitrogen and oxygen atoms in total. The fourth-order valence-electron chi connectivity index (χ4n) is 7.50. The Balaban J connectivity index is 2.44. The molecule has 9 amide bonds. The predicted molar refractivity (Wildman–Crippen MR) is 283 cm³/mol. The molecule has 1 aromatic heterocycles. The van der Waals surface area contributed by atoms with Gasteiger partial charge >= 0.3 is 0 Å². The Morgan fingerprint density at radius 1 is 0.618 bits per heavy atom. The summed E-state index contributed by atoms with van der Waals surface area (Å²) in [7, 11) is 0. The van der Waals surface area contributed by atoms with Crippen LogP contribution in [0.15, 0.2) is 35.5 Å². The van der Waals surface area contributed by atoms with E-state index < -0.39 is 133 Å². The third kappa shape index (κ3) is 22.3. The van der Waals surface area contributed by atoms with Crippen molar-refractivity contribution in [2.24, 2.45) is 39.6 Å². The highest BCUT2D eigenvalue weighted by molar-refractivity contribution is 7.98. The lowest BCUT2D eigenvalue weighted by atomic mass is 10.0. The number of aliphatic hydroxyl groups is 4. The Kier molecular flexibility index (Phi) is 29.4. The van der Waals surface area contributed by atoms with Gasteiger partial charge < -0.3 is 96.6 Å². The predicted octanol–water partition coefficient (Wildman–Crippen LogP) is -6.26. The van der Waals surface area contributed by atoms with Crippen LogP contribution in [0.2, 0.25) is 0 Å². The lowest BCUT2D eigenvalue weighted by Crippen LogP contribution is -2.62. The zero-order valence-electron chi connectivity index (χ0n) is 43.3. The summed E-state index contributed by atoms with van der Waals surface area (Å²) in [4.78, 5) is 128. The second kappa shape index (κ2) is 34.1. The highest BCUT2D eigenvalue weighted by Crippen LogP contribution is 2.20. The van der Waals surface area contributed by atoms with Crippen molar-refractivity contribution in [1.29, 1.82) is 0 Å². The minimum absolute atomic E-state index is 0.00410. The molecule has 0 bridgehead atoms. The van der Waals surface area contributed by atoms with E-state index in [1.54, 1.807) is 44.3 Å². The van der Waals surface area contributed by atoms with E-state index in [2.05, 4.69) is 52.5 Å². The highest BCUT2D eigenvalue weighted by Gasteiger charge is 2.36. The average molecular weight is 1090 g/mol. The van der Waals surface area contributed by atoms with Crippen LogP contribution in [0.25, 0.3) is 10.9 Å². The molecule has 0 saturated carbocycles. The molecule has 1 aromatic carbocycles. The van der Waals surface area contributed by atoms with Crippen molar-refractivity contribution in [3.05, 3.63) is 36.0 Å². The Morgan fingerprint density at radius 3 is 1.59 bits per heavy atom. The standard InChI is InChI=1S/C47H79N15O13S/c1-24(2)18-32(38(50)67)57-44(73)35(22-64)60-41(70)31(13-9-16-53-47(51)52)55-40(69)30(12-7-8-15-48)56-43(72)34(21-63)61-42(71)33(19-26-20-54-29-11-6-5-10-27(26)29)58-46(75)37(25(3)66)62-45(74)36(23-65)59-39(68)28(49)14-17-76-4/h5-6,10-11,20,24-25,28,30-37,54,63-66H,7-9,12-19,21-23,48-49H2,1-4H3,(H2,50,67)(H,55,69)(H,56,72)(H,57,73)(H,58,75)(H,59,68)(H,60,70)(H,61,71)(H,62,74)(H4,51,52,53)/t25-,28+,30+,31+,32+,33+,34+,35+,36+,37+/m1/s1.